The van der Waals surface area contributed by atoms with Gasteiger partial charge in [-0.3, -0.25) is 0 Å². The molecule has 0 atom stereocenters. The summed E-state index contributed by atoms with van der Waals surface area (Å²) in [4.78, 5) is 3.94. The van der Waals surface area contributed by atoms with E-state index in [-0.39, 0.29) is 22.7 Å². The van der Waals surface area contributed by atoms with Gasteiger partial charge >= 0.3 is 6.18 Å². The molecule has 96 valence electrons. The molecule has 1 aromatic carbocycles. The lowest BCUT2D eigenvalue weighted by molar-refractivity contribution is -0.137. The summed E-state index contributed by atoms with van der Waals surface area (Å²) in [6.45, 7) is 0.0990. The first-order chi connectivity index (χ1) is 8.41. The Labute approximate surface area is 108 Å². The molecule has 0 amide bonds. The number of aromatic nitrogens is 2. The first-order valence-electron chi connectivity index (χ1n) is 4.81. The first-order valence-corrected chi connectivity index (χ1v) is 5.61. The molecule has 0 saturated heterocycles. The third kappa shape index (κ3) is 2.54. The monoisotopic (exact) mass is 321 g/mol. The fourth-order valence-electron chi connectivity index (χ4n) is 1.31. The van der Waals surface area contributed by atoms with Crippen molar-refractivity contribution in [2.75, 3.05) is 0 Å². The predicted molar refractivity (Wildman–Crippen MR) is 60.3 cm³/mol. The third-order valence-corrected chi connectivity index (χ3v) is 2.83. The van der Waals surface area contributed by atoms with Gasteiger partial charge in [0, 0.05) is 4.47 Å². The largest absolute Gasteiger partial charge is 0.416 e. The summed E-state index contributed by atoms with van der Waals surface area (Å²) in [6, 6.07) is 3.18. The second kappa shape index (κ2) is 4.69. The lowest BCUT2D eigenvalue weighted by Crippen LogP contribution is -2.04. The van der Waals surface area contributed by atoms with Gasteiger partial charge in [0.05, 0.1) is 17.7 Å². The van der Waals surface area contributed by atoms with Crippen LogP contribution in [0.5, 0.6) is 0 Å². The quantitative estimate of drug-likeness (QED) is 0.923. The Morgan fingerprint density at radius 2 is 2.06 bits per heavy atom. The van der Waals surface area contributed by atoms with Crippen molar-refractivity contribution in [1.82, 2.24) is 10.1 Å². The van der Waals surface area contributed by atoms with Gasteiger partial charge in [-0.2, -0.15) is 18.2 Å². The zero-order chi connectivity index (χ0) is 13.3. The van der Waals surface area contributed by atoms with Gasteiger partial charge in [-0.1, -0.05) is 5.16 Å². The van der Waals surface area contributed by atoms with Crippen molar-refractivity contribution < 1.29 is 17.7 Å². The number of hydrogen-bond donors (Lipinski definition) is 1. The second-order valence-corrected chi connectivity index (χ2v) is 4.27. The van der Waals surface area contributed by atoms with Crippen LogP contribution in [0.15, 0.2) is 27.2 Å². The van der Waals surface area contributed by atoms with E-state index in [1.807, 2.05) is 0 Å². The van der Waals surface area contributed by atoms with E-state index in [2.05, 4.69) is 26.1 Å². The molecule has 0 aliphatic heterocycles. The van der Waals surface area contributed by atoms with Crippen molar-refractivity contribution >= 4 is 15.9 Å². The van der Waals surface area contributed by atoms with E-state index in [1.54, 1.807) is 0 Å². The first kappa shape index (κ1) is 13.0. The van der Waals surface area contributed by atoms with E-state index in [1.165, 1.54) is 6.07 Å². The van der Waals surface area contributed by atoms with Crippen molar-refractivity contribution in [3.8, 4) is 11.5 Å². The smallest absolute Gasteiger partial charge is 0.334 e. The molecule has 8 heteroatoms. The standard InChI is InChI=1S/C10H7BrF3N3O/c11-7-3-5(10(12,13)14)1-2-6(7)9-16-8(4-15)17-18-9/h1-3H,4,15H2. The molecule has 0 bridgehead atoms. The second-order valence-electron chi connectivity index (χ2n) is 3.41. The van der Waals surface area contributed by atoms with Gasteiger partial charge in [-0.05, 0) is 34.1 Å². The number of nitrogens with two attached hydrogens (primary N) is 1. The van der Waals surface area contributed by atoms with Crippen LogP contribution in [0.1, 0.15) is 11.4 Å². The number of benzene rings is 1. The van der Waals surface area contributed by atoms with E-state index >= 15 is 0 Å². The van der Waals surface area contributed by atoms with Crippen LogP contribution in [-0.4, -0.2) is 10.1 Å². The van der Waals surface area contributed by atoms with Crippen LogP contribution in [0.4, 0.5) is 13.2 Å². The molecule has 0 fully saturated rings. The summed E-state index contributed by atoms with van der Waals surface area (Å²) < 4.78 is 42.5. The number of alkyl halides is 3. The normalized spacial score (nSPS) is 11.8. The van der Waals surface area contributed by atoms with Crippen molar-refractivity contribution in [3.63, 3.8) is 0 Å². The molecule has 2 rings (SSSR count). The highest BCUT2D eigenvalue weighted by Gasteiger charge is 2.31. The summed E-state index contributed by atoms with van der Waals surface area (Å²) in [7, 11) is 0. The third-order valence-electron chi connectivity index (χ3n) is 2.18. The highest BCUT2D eigenvalue weighted by Crippen LogP contribution is 2.35. The molecule has 0 unspecified atom stereocenters. The van der Waals surface area contributed by atoms with Crippen LogP contribution >= 0.6 is 15.9 Å². The number of hydrogen-bond acceptors (Lipinski definition) is 4. The molecule has 2 aromatic rings. The maximum atomic E-state index is 12.5. The van der Waals surface area contributed by atoms with Gasteiger partial charge < -0.3 is 10.3 Å². The van der Waals surface area contributed by atoms with Gasteiger partial charge in [-0.25, -0.2) is 0 Å². The molecule has 0 saturated carbocycles. The summed E-state index contributed by atoms with van der Waals surface area (Å²) in [5.41, 5.74) is 4.95. The Morgan fingerprint density at radius 3 is 2.56 bits per heavy atom. The molecular weight excluding hydrogens is 315 g/mol. The van der Waals surface area contributed by atoms with Crippen molar-refractivity contribution in [3.05, 3.63) is 34.1 Å². The molecular formula is C10H7BrF3N3O. The van der Waals surface area contributed by atoms with Crippen LogP contribution in [-0.2, 0) is 12.7 Å². The molecule has 0 spiro atoms. The van der Waals surface area contributed by atoms with Crippen molar-refractivity contribution in [1.29, 1.82) is 0 Å². The maximum absolute atomic E-state index is 12.5. The molecule has 4 nitrogen and oxygen atoms in total. The Morgan fingerprint density at radius 1 is 1.33 bits per heavy atom. The molecule has 0 aliphatic carbocycles. The van der Waals surface area contributed by atoms with E-state index in [4.69, 9.17) is 10.3 Å². The molecule has 2 N–H and O–H groups in total. The summed E-state index contributed by atoms with van der Waals surface area (Å²) in [5, 5.41) is 3.57. The minimum atomic E-state index is -4.39. The van der Waals surface area contributed by atoms with Crippen LogP contribution in [0.25, 0.3) is 11.5 Å². The summed E-state index contributed by atoms with van der Waals surface area (Å²) in [5.74, 6) is 0.410. The van der Waals surface area contributed by atoms with Gasteiger partial charge in [0.2, 0.25) is 0 Å². The Kier molecular flexibility index (Phi) is 3.40. The lowest BCUT2D eigenvalue weighted by atomic mass is 10.1. The van der Waals surface area contributed by atoms with Crippen LogP contribution in [0.2, 0.25) is 0 Å². The Hall–Kier alpha value is -1.41. The van der Waals surface area contributed by atoms with Crippen molar-refractivity contribution in [2.45, 2.75) is 12.7 Å². The van der Waals surface area contributed by atoms with Gasteiger partial charge in [0.25, 0.3) is 5.89 Å². The fourth-order valence-corrected chi connectivity index (χ4v) is 1.86. The minimum Gasteiger partial charge on any atom is -0.334 e. The highest BCUT2D eigenvalue weighted by molar-refractivity contribution is 9.10. The zero-order valence-corrected chi connectivity index (χ0v) is 10.4. The molecule has 0 aliphatic rings. The van der Waals surface area contributed by atoms with E-state index in [0.717, 1.165) is 12.1 Å². The van der Waals surface area contributed by atoms with Gasteiger partial charge in [0.15, 0.2) is 5.82 Å². The van der Waals surface area contributed by atoms with Crippen LogP contribution in [0, 0.1) is 0 Å². The molecule has 18 heavy (non-hydrogen) atoms. The minimum absolute atomic E-state index is 0.0990. The number of halogens is 4. The average molecular weight is 322 g/mol. The summed E-state index contributed by atoms with van der Waals surface area (Å²) >= 11 is 3.05. The molecule has 0 radical (unpaired) electrons. The van der Waals surface area contributed by atoms with E-state index in [0.29, 0.717) is 5.56 Å². The van der Waals surface area contributed by atoms with E-state index < -0.39 is 11.7 Å². The van der Waals surface area contributed by atoms with Crippen LogP contribution in [0.3, 0.4) is 0 Å². The predicted octanol–water partition coefficient (Wildman–Crippen LogP) is 2.98. The van der Waals surface area contributed by atoms with E-state index in [9.17, 15) is 13.2 Å². The fraction of sp³-hybridized carbons (Fsp3) is 0.200. The number of nitrogens with zero attached hydrogens (tertiary/aromatic N) is 2. The Balaban J connectivity index is 2.41. The molecule has 1 heterocycles. The van der Waals surface area contributed by atoms with Crippen molar-refractivity contribution in [2.24, 2.45) is 5.73 Å². The highest BCUT2D eigenvalue weighted by atomic mass is 79.9. The zero-order valence-electron chi connectivity index (χ0n) is 8.83. The summed E-state index contributed by atoms with van der Waals surface area (Å²) in [6.07, 6.45) is -4.39. The lowest BCUT2D eigenvalue weighted by Gasteiger charge is -2.07. The molecule has 1 aromatic heterocycles. The Bertz CT molecular complexity index is 568. The van der Waals surface area contributed by atoms with Crippen LogP contribution < -0.4 is 5.73 Å². The SMILES string of the molecule is NCc1noc(-c2ccc(C(F)(F)F)cc2Br)n1. The number of rotatable bonds is 2. The van der Waals surface area contributed by atoms with Gasteiger partial charge in [0.1, 0.15) is 0 Å². The maximum Gasteiger partial charge on any atom is 0.416 e. The van der Waals surface area contributed by atoms with Gasteiger partial charge in [-0.15, -0.1) is 0 Å². The topological polar surface area (TPSA) is 64.9 Å². The average Bonchev–Trinajstić information content (AvgIpc) is 2.76.